The lowest BCUT2D eigenvalue weighted by molar-refractivity contribution is -0.386. The van der Waals surface area contributed by atoms with Crippen molar-refractivity contribution in [3.05, 3.63) is 93.0 Å². The van der Waals surface area contributed by atoms with Gasteiger partial charge < -0.3 is 10.4 Å². The molecule has 0 radical (unpaired) electrons. The number of carbonyl (C=O) groups excluding carboxylic acids is 1. The maximum Gasteiger partial charge on any atom is 0.312 e. The van der Waals surface area contributed by atoms with Crippen LogP contribution in [0.1, 0.15) is 15.9 Å². The molecular formula is C20H16ClN3O6S. The predicted molar refractivity (Wildman–Crippen MR) is 115 cm³/mol. The van der Waals surface area contributed by atoms with Crippen molar-refractivity contribution in [2.24, 2.45) is 0 Å². The first-order valence-electron chi connectivity index (χ1n) is 8.79. The van der Waals surface area contributed by atoms with E-state index < -0.39 is 31.3 Å². The van der Waals surface area contributed by atoms with E-state index in [2.05, 4.69) is 10.0 Å². The van der Waals surface area contributed by atoms with Gasteiger partial charge in [0.2, 0.25) is 0 Å². The Balaban J connectivity index is 1.70. The first-order valence-corrected chi connectivity index (χ1v) is 10.7. The number of benzene rings is 3. The number of nitrogens with one attached hydrogen (secondary N) is 2. The molecule has 1 amide bonds. The number of nitrogens with zero attached hydrogens (tertiary/aromatic N) is 1. The highest BCUT2D eigenvalue weighted by molar-refractivity contribution is 7.92. The van der Waals surface area contributed by atoms with Gasteiger partial charge in [0.15, 0.2) is 5.75 Å². The van der Waals surface area contributed by atoms with Crippen LogP contribution in [0.15, 0.2) is 71.6 Å². The Morgan fingerprint density at radius 3 is 2.39 bits per heavy atom. The van der Waals surface area contributed by atoms with Gasteiger partial charge in [-0.05, 0) is 48.0 Å². The third-order valence-electron chi connectivity index (χ3n) is 4.25. The van der Waals surface area contributed by atoms with Crippen molar-refractivity contribution in [3.63, 3.8) is 0 Å². The summed E-state index contributed by atoms with van der Waals surface area (Å²) < 4.78 is 27.3. The van der Waals surface area contributed by atoms with Crippen LogP contribution < -0.4 is 10.0 Å². The monoisotopic (exact) mass is 461 g/mol. The van der Waals surface area contributed by atoms with Crippen molar-refractivity contribution >= 4 is 38.9 Å². The first kappa shape index (κ1) is 22.1. The fraction of sp³-hybridized carbons (Fsp3) is 0.0500. The highest BCUT2D eigenvalue weighted by atomic mass is 35.5. The number of carbonyl (C=O) groups is 1. The largest absolute Gasteiger partial charge is 0.502 e. The van der Waals surface area contributed by atoms with Crippen molar-refractivity contribution in [3.8, 4) is 5.75 Å². The summed E-state index contributed by atoms with van der Waals surface area (Å²) >= 11 is 6.05. The molecule has 0 aliphatic heterocycles. The van der Waals surface area contributed by atoms with E-state index in [0.717, 1.165) is 23.8 Å². The fourth-order valence-electron chi connectivity index (χ4n) is 2.64. The number of nitro groups is 1. The molecular weight excluding hydrogens is 446 g/mol. The average Bonchev–Trinajstić information content (AvgIpc) is 2.73. The Labute approximate surface area is 182 Å². The van der Waals surface area contributed by atoms with Crippen LogP contribution >= 0.6 is 11.6 Å². The van der Waals surface area contributed by atoms with Gasteiger partial charge in [0.25, 0.3) is 15.9 Å². The molecule has 0 saturated heterocycles. The molecule has 0 atom stereocenters. The second-order valence-electron chi connectivity index (χ2n) is 6.36. The third kappa shape index (κ3) is 5.30. The average molecular weight is 462 g/mol. The molecule has 0 aliphatic rings. The van der Waals surface area contributed by atoms with Gasteiger partial charge in [-0.2, -0.15) is 0 Å². The van der Waals surface area contributed by atoms with Crippen LogP contribution in [-0.2, 0) is 16.6 Å². The van der Waals surface area contributed by atoms with Gasteiger partial charge >= 0.3 is 5.69 Å². The number of sulfonamides is 1. The van der Waals surface area contributed by atoms with Crippen LogP contribution in [-0.4, -0.2) is 24.4 Å². The summed E-state index contributed by atoms with van der Waals surface area (Å²) in [6, 6.07) is 15.4. The Morgan fingerprint density at radius 1 is 1.06 bits per heavy atom. The van der Waals surface area contributed by atoms with Crippen molar-refractivity contribution in [1.82, 2.24) is 5.32 Å². The van der Waals surface area contributed by atoms with Crippen molar-refractivity contribution < 1.29 is 23.2 Å². The van der Waals surface area contributed by atoms with Gasteiger partial charge in [-0.15, -0.1) is 0 Å². The number of nitro benzene ring substituents is 1. The smallest absolute Gasteiger partial charge is 0.312 e. The van der Waals surface area contributed by atoms with Gasteiger partial charge in [0.1, 0.15) is 0 Å². The van der Waals surface area contributed by atoms with Crippen LogP contribution in [0.4, 0.5) is 11.4 Å². The van der Waals surface area contributed by atoms with Crippen LogP contribution in [0.25, 0.3) is 0 Å². The van der Waals surface area contributed by atoms with Crippen molar-refractivity contribution in [1.29, 1.82) is 0 Å². The Kier molecular flexibility index (Phi) is 6.42. The van der Waals surface area contributed by atoms with Crippen molar-refractivity contribution in [2.45, 2.75) is 11.4 Å². The molecule has 3 aromatic rings. The maximum atomic E-state index is 12.5. The van der Waals surface area contributed by atoms with Gasteiger partial charge in [-0.3, -0.25) is 19.6 Å². The molecule has 0 aromatic heterocycles. The summed E-state index contributed by atoms with van der Waals surface area (Å²) in [6.45, 7) is 0.229. The lowest BCUT2D eigenvalue weighted by Crippen LogP contribution is -2.23. The van der Waals surface area contributed by atoms with Crippen LogP contribution in [0, 0.1) is 10.1 Å². The van der Waals surface area contributed by atoms with E-state index in [4.69, 9.17) is 11.6 Å². The summed E-state index contributed by atoms with van der Waals surface area (Å²) in [7, 11) is -4.15. The zero-order valence-electron chi connectivity index (χ0n) is 15.8. The molecule has 3 rings (SSSR count). The second-order valence-corrected chi connectivity index (χ2v) is 8.45. The topological polar surface area (TPSA) is 139 Å². The molecule has 160 valence electrons. The zero-order valence-corrected chi connectivity index (χ0v) is 17.4. The summed E-state index contributed by atoms with van der Waals surface area (Å²) in [5, 5.41) is 23.6. The first-order chi connectivity index (χ1) is 14.7. The molecule has 0 bridgehead atoms. The summed E-state index contributed by atoms with van der Waals surface area (Å²) in [5.41, 5.74) is 0.479. The number of halogens is 1. The lowest BCUT2D eigenvalue weighted by Gasteiger charge is -2.10. The molecule has 9 nitrogen and oxygen atoms in total. The molecule has 31 heavy (non-hydrogen) atoms. The lowest BCUT2D eigenvalue weighted by atomic mass is 10.2. The Hall–Kier alpha value is -3.63. The van der Waals surface area contributed by atoms with E-state index in [9.17, 15) is 28.4 Å². The molecule has 0 aliphatic carbocycles. The number of hydrogen-bond acceptors (Lipinski definition) is 6. The molecule has 0 saturated carbocycles. The molecule has 11 heteroatoms. The normalized spacial score (nSPS) is 11.0. The van der Waals surface area contributed by atoms with Gasteiger partial charge in [-0.1, -0.05) is 29.8 Å². The zero-order chi connectivity index (χ0) is 22.6. The van der Waals surface area contributed by atoms with Crippen LogP contribution in [0.2, 0.25) is 5.02 Å². The predicted octanol–water partition coefficient (Wildman–Crippen LogP) is 3.68. The fourth-order valence-corrected chi connectivity index (χ4v) is 3.92. The van der Waals surface area contributed by atoms with Crippen LogP contribution in [0.3, 0.4) is 0 Å². The van der Waals surface area contributed by atoms with E-state index >= 15 is 0 Å². The van der Waals surface area contributed by atoms with Gasteiger partial charge in [-0.25, -0.2) is 8.42 Å². The third-order valence-corrected chi connectivity index (χ3v) is 6.00. The molecule has 3 N–H and O–H groups in total. The number of anilines is 1. The summed E-state index contributed by atoms with van der Waals surface area (Å²) in [6.07, 6.45) is 0. The number of phenolic OH excluding ortho intramolecular Hbond substituents is 1. The van der Waals surface area contributed by atoms with E-state index in [-0.39, 0.29) is 18.1 Å². The Morgan fingerprint density at radius 2 is 1.74 bits per heavy atom. The molecule has 0 fully saturated rings. The van der Waals surface area contributed by atoms with Gasteiger partial charge in [0.05, 0.1) is 9.82 Å². The second kappa shape index (κ2) is 9.02. The number of rotatable bonds is 7. The van der Waals surface area contributed by atoms with E-state index in [0.29, 0.717) is 10.6 Å². The summed E-state index contributed by atoms with van der Waals surface area (Å²) in [4.78, 5) is 21.9. The minimum absolute atomic E-state index is 0.151. The number of phenols is 1. The minimum Gasteiger partial charge on any atom is -0.502 e. The summed E-state index contributed by atoms with van der Waals surface area (Å²) in [5.74, 6) is -1.01. The minimum atomic E-state index is -4.15. The molecule has 3 aromatic carbocycles. The highest BCUT2D eigenvalue weighted by Crippen LogP contribution is 2.29. The Bertz CT molecular complexity index is 1250. The SMILES string of the molecule is O=C(NCc1ccccc1Cl)c1ccc(NS(=O)(=O)c2ccc(O)c([N+](=O)[O-])c2)cc1. The van der Waals surface area contributed by atoms with Gasteiger partial charge in [0, 0.05) is 28.9 Å². The van der Waals surface area contributed by atoms with E-state index in [1.165, 1.54) is 24.3 Å². The van der Waals surface area contributed by atoms with E-state index in [1.54, 1.807) is 24.3 Å². The van der Waals surface area contributed by atoms with E-state index in [1.807, 2.05) is 0 Å². The number of amides is 1. The maximum absolute atomic E-state index is 12.5. The van der Waals surface area contributed by atoms with Crippen molar-refractivity contribution in [2.75, 3.05) is 4.72 Å². The number of aromatic hydroxyl groups is 1. The molecule has 0 heterocycles. The highest BCUT2D eigenvalue weighted by Gasteiger charge is 2.21. The number of hydrogen-bond donors (Lipinski definition) is 3. The standard InChI is InChI=1S/C20H16ClN3O6S/c21-17-4-2-1-3-14(17)12-22-20(26)13-5-7-15(8-6-13)23-31(29,30)16-9-10-19(25)18(11-16)24(27)28/h1-11,23,25H,12H2,(H,22,26). The van der Waals surface area contributed by atoms with Crippen LogP contribution in [0.5, 0.6) is 5.75 Å². The molecule has 0 spiro atoms. The molecule has 0 unspecified atom stereocenters. The quantitative estimate of drug-likeness (QED) is 0.362.